The number of ether oxygens (including phenoxy) is 2. The Labute approximate surface area is 129 Å². The van der Waals surface area contributed by atoms with Crippen molar-refractivity contribution < 1.29 is 18.8 Å². The van der Waals surface area contributed by atoms with Gasteiger partial charge in [-0.05, 0) is 38.5 Å². The van der Waals surface area contributed by atoms with Crippen LogP contribution in [0.25, 0.3) is 0 Å². The van der Waals surface area contributed by atoms with Gasteiger partial charge in [0.05, 0.1) is 25.5 Å². The monoisotopic (exact) mass is 304 g/mol. The molecule has 0 bridgehead atoms. The molecule has 22 heavy (non-hydrogen) atoms. The lowest BCUT2D eigenvalue weighted by Gasteiger charge is -2.16. The molecule has 0 aliphatic heterocycles. The fourth-order valence-electron chi connectivity index (χ4n) is 2.05. The van der Waals surface area contributed by atoms with E-state index in [2.05, 4.69) is 10.5 Å². The van der Waals surface area contributed by atoms with Crippen molar-refractivity contribution in [2.75, 3.05) is 13.7 Å². The zero-order valence-corrected chi connectivity index (χ0v) is 13.2. The minimum atomic E-state index is -0.305. The first-order valence-electron chi connectivity index (χ1n) is 7.10. The van der Waals surface area contributed by atoms with Gasteiger partial charge in [-0.1, -0.05) is 11.2 Å². The molecular formula is C16H20N2O4. The fraction of sp³-hybridized carbons (Fsp3) is 0.375. The third kappa shape index (κ3) is 3.58. The number of hydrogen-bond acceptors (Lipinski definition) is 5. The molecule has 6 heteroatoms. The molecule has 0 aliphatic rings. The minimum Gasteiger partial charge on any atom is -0.493 e. The van der Waals surface area contributed by atoms with Crippen molar-refractivity contribution in [2.24, 2.45) is 0 Å². The first kappa shape index (κ1) is 15.9. The van der Waals surface area contributed by atoms with Gasteiger partial charge in [-0.2, -0.15) is 0 Å². The van der Waals surface area contributed by atoms with Crippen LogP contribution in [0.3, 0.4) is 0 Å². The van der Waals surface area contributed by atoms with E-state index in [4.69, 9.17) is 14.0 Å². The maximum absolute atomic E-state index is 12.1. The van der Waals surface area contributed by atoms with E-state index in [0.29, 0.717) is 23.8 Å². The maximum Gasteiger partial charge on any atom is 0.290 e. The van der Waals surface area contributed by atoms with Gasteiger partial charge in [0.15, 0.2) is 11.5 Å². The lowest BCUT2D eigenvalue weighted by Crippen LogP contribution is -2.26. The summed E-state index contributed by atoms with van der Waals surface area (Å²) in [5, 5.41) is 6.56. The molecule has 0 aliphatic carbocycles. The van der Waals surface area contributed by atoms with Crippen molar-refractivity contribution >= 4 is 5.91 Å². The Morgan fingerprint density at radius 3 is 2.73 bits per heavy atom. The zero-order valence-electron chi connectivity index (χ0n) is 13.2. The minimum absolute atomic E-state index is 0.197. The molecule has 0 radical (unpaired) electrons. The first-order chi connectivity index (χ1) is 10.5. The summed E-state index contributed by atoms with van der Waals surface area (Å²) in [6.07, 6.45) is 0. The van der Waals surface area contributed by atoms with Crippen LogP contribution in [0.15, 0.2) is 28.8 Å². The van der Waals surface area contributed by atoms with Gasteiger partial charge in [-0.15, -0.1) is 0 Å². The molecule has 2 rings (SSSR count). The topological polar surface area (TPSA) is 73.6 Å². The summed E-state index contributed by atoms with van der Waals surface area (Å²) in [7, 11) is 1.59. The SMILES string of the molecule is CCOc1ccc([C@@H](C)NC(=O)c2cc(C)no2)cc1OC. The lowest BCUT2D eigenvalue weighted by atomic mass is 10.1. The van der Waals surface area contributed by atoms with Crippen LogP contribution in [-0.4, -0.2) is 24.8 Å². The van der Waals surface area contributed by atoms with E-state index in [0.717, 1.165) is 5.56 Å². The number of amides is 1. The molecule has 6 nitrogen and oxygen atoms in total. The second-order valence-electron chi connectivity index (χ2n) is 4.87. The Bertz CT molecular complexity index is 651. The van der Waals surface area contributed by atoms with E-state index >= 15 is 0 Å². The van der Waals surface area contributed by atoms with Gasteiger partial charge in [0, 0.05) is 6.07 Å². The molecule has 1 aromatic heterocycles. The third-order valence-electron chi connectivity index (χ3n) is 3.19. The quantitative estimate of drug-likeness (QED) is 0.888. The van der Waals surface area contributed by atoms with E-state index < -0.39 is 0 Å². The van der Waals surface area contributed by atoms with Crippen molar-refractivity contribution in [1.82, 2.24) is 10.5 Å². The Balaban J connectivity index is 2.12. The van der Waals surface area contributed by atoms with Crippen LogP contribution in [0, 0.1) is 6.92 Å². The summed E-state index contributed by atoms with van der Waals surface area (Å²) in [5.74, 6) is 1.21. The number of methoxy groups -OCH3 is 1. The molecule has 0 fully saturated rings. The molecule has 0 spiro atoms. The number of carbonyl (C=O) groups excluding carboxylic acids is 1. The van der Waals surface area contributed by atoms with Gasteiger partial charge < -0.3 is 19.3 Å². The van der Waals surface area contributed by atoms with Crippen molar-refractivity contribution in [3.05, 3.63) is 41.3 Å². The van der Waals surface area contributed by atoms with Crippen molar-refractivity contribution in [3.8, 4) is 11.5 Å². The average molecular weight is 304 g/mol. The molecule has 2 aromatic rings. The highest BCUT2D eigenvalue weighted by Crippen LogP contribution is 2.30. The van der Waals surface area contributed by atoms with E-state index in [1.807, 2.05) is 32.0 Å². The maximum atomic E-state index is 12.1. The second kappa shape index (κ2) is 6.98. The summed E-state index contributed by atoms with van der Waals surface area (Å²) < 4.78 is 15.7. The Hall–Kier alpha value is -2.50. The average Bonchev–Trinajstić information content (AvgIpc) is 2.94. The van der Waals surface area contributed by atoms with E-state index in [9.17, 15) is 4.79 Å². The molecular weight excluding hydrogens is 284 g/mol. The molecule has 0 saturated carbocycles. The predicted octanol–water partition coefficient (Wildman–Crippen LogP) is 2.88. The van der Waals surface area contributed by atoms with Crippen molar-refractivity contribution in [2.45, 2.75) is 26.8 Å². The highest BCUT2D eigenvalue weighted by molar-refractivity contribution is 5.91. The van der Waals surface area contributed by atoms with Gasteiger partial charge >= 0.3 is 0 Å². The van der Waals surface area contributed by atoms with E-state index in [-0.39, 0.29) is 17.7 Å². The van der Waals surface area contributed by atoms with Crippen LogP contribution < -0.4 is 14.8 Å². The standard InChI is InChI=1S/C16H20N2O4/c1-5-21-13-7-6-12(9-14(13)20-4)11(3)17-16(19)15-8-10(2)18-22-15/h6-9,11H,5H2,1-4H3,(H,17,19)/t11-/m1/s1. The molecule has 118 valence electrons. The van der Waals surface area contributed by atoms with Crippen LogP contribution in [0.1, 0.15) is 41.7 Å². The largest absolute Gasteiger partial charge is 0.493 e. The number of aromatic nitrogens is 1. The van der Waals surface area contributed by atoms with Crippen molar-refractivity contribution in [3.63, 3.8) is 0 Å². The molecule has 0 saturated heterocycles. The molecule has 1 heterocycles. The van der Waals surface area contributed by atoms with Gasteiger partial charge in [-0.25, -0.2) is 0 Å². The van der Waals surface area contributed by atoms with E-state index in [1.165, 1.54) is 0 Å². The van der Waals surface area contributed by atoms with Gasteiger partial charge in [-0.3, -0.25) is 4.79 Å². The number of hydrogen-bond donors (Lipinski definition) is 1. The molecule has 1 amide bonds. The summed E-state index contributed by atoms with van der Waals surface area (Å²) in [6, 6.07) is 6.97. The number of carbonyl (C=O) groups is 1. The smallest absolute Gasteiger partial charge is 0.290 e. The highest BCUT2D eigenvalue weighted by atomic mass is 16.5. The summed E-state index contributed by atoms with van der Waals surface area (Å²) >= 11 is 0. The van der Waals surface area contributed by atoms with Gasteiger partial charge in [0.1, 0.15) is 0 Å². The lowest BCUT2D eigenvalue weighted by molar-refractivity contribution is 0.0902. The van der Waals surface area contributed by atoms with E-state index in [1.54, 1.807) is 20.1 Å². The molecule has 1 atom stereocenters. The second-order valence-corrected chi connectivity index (χ2v) is 4.87. The molecule has 1 N–H and O–H groups in total. The summed E-state index contributed by atoms with van der Waals surface area (Å²) in [4.78, 5) is 12.1. The van der Waals surface area contributed by atoms with Gasteiger partial charge in [0.2, 0.25) is 5.76 Å². The van der Waals surface area contributed by atoms with Gasteiger partial charge in [0.25, 0.3) is 5.91 Å². The number of nitrogens with one attached hydrogen (secondary N) is 1. The summed E-state index contributed by atoms with van der Waals surface area (Å²) in [5.41, 5.74) is 1.57. The Morgan fingerprint density at radius 1 is 1.36 bits per heavy atom. The Morgan fingerprint density at radius 2 is 2.14 bits per heavy atom. The normalized spacial score (nSPS) is 11.8. The number of aryl methyl sites for hydroxylation is 1. The number of rotatable bonds is 6. The van der Waals surface area contributed by atoms with Crippen molar-refractivity contribution in [1.29, 1.82) is 0 Å². The predicted molar refractivity (Wildman–Crippen MR) is 81.3 cm³/mol. The third-order valence-corrected chi connectivity index (χ3v) is 3.19. The number of nitrogens with zero attached hydrogens (tertiary/aromatic N) is 1. The Kier molecular flexibility index (Phi) is 5.04. The molecule has 0 unspecified atom stereocenters. The molecule has 1 aromatic carbocycles. The zero-order chi connectivity index (χ0) is 16.1. The van der Waals surface area contributed by atoms with Crippen LogP contribution in [0.5, 0.6) is 11.5 Å². The van der Waals surface area contributed by atoms with Crippen LogP contribution in [-0.2, 0) is 0 Å². The fourth-order valence-corrected chi connectivity index (χ4v) is 2.05. The van der Waals surface area contributed by atoms with Crippen LogP contribution in [0.4, 0.5) is 0 Å². The first-order valence-corrected chi connectivity index (χ1v) is 7.10. The van der Waals surface area contributed by atoms with Crippen LogP contribution in [0.2, 0.25) is 0 Å². The van der Waals surface area contributed by atoms with Crippen LogP contribution >= 0.6 is 0 Å². The summed E-state index contributed by atoms with van der Waals surface area (Å²) in [6.45, 7) is 6.12. The number of benzene rings is 1. The highest BCUT2D eigenvalue weighted by Gasteiger charge is 2.16.